The van der Waals surface area contributed by atoms with E-state index in [1.54, 1.807) is 297 Å². The van der Waals surface area contributed by atoms with E-state index in [2.05, 4.69) is 4.58 Å². The number of rotatable bonds is 1. The number of benzene rings is 18. The zero-order valence-corrected chi connectivity index (χ0v) is 37.0. The van der Waals surface area contributed by atoms with Crippen molar-refractivity contribution in [3.63, 3.8) is 0 Å². The predicted molar refractivity (Wildman–Crippen MR) is 298 cm³/mol. The highest BCUT2D eigenvalue weighted by atomic mass is 16.5. The number of hydrogen-bond acceptors (Lipinski definition) is 1. The third-order valence-electron chi connectivity index (χ3n) is 26.5. The Morgan fingerprint density at radius 1 is 0.282 bits per heavy atom. The summed E-state index contributed by atoms with van der Waals surface area (Å²) in [7, 11) is 0. The van der Waals surface area contributed by atoms with Crippen LogP contribution in [0.2, 0.25) is 0 Å². The van der Waals surface area contributed by atoms with Gasteiger partial charge in [0.2, 0.25) is 0 Å². The third-order valence-corrected chi connectivity index (χ3v) is 26.5. The lowest BCUT2D eigenvalue weighted by molar-refractivity contribution is -0.552. The molecule has 1 aliphatic heterocycles. The monoisotopic (exact) mass is 874 g/mol. The van der Waals surface area contributed by atoms with Gasteiger partial charge in [-0.2, -0.15) is 0 Å². The van der Waals surface area contributed by atoms with Crippen molar-refractivity contribution in [2.24, 2.45) is 5.92 Å². The zero-order valence-electron chi connectivity index (χ0n) is 37.0. The first-order chi connectivity index (χ1) is 35.5. The van der Waals surface area contributed by atoms with Crippen molar-refractivity contribution in [3.8, 4) is 0 Å². The Labute approximate surface area is 388 Å². The number of nitrogens with zero attached hydrogens (tertiary/aromatic N) is 1. The average Bonchev–Trinajstić information content (AvgIpc) is 4.25. The van der Waals surface area contributed by atoms with Crippen molar-refractivity contribution >= 4 is 297 Å². The molecule has 1 saturated heterocycles. The molecule has 0 radical (unpaired) electrons. The second-order valence-corrected chi connectivity index (χ2v) is 26.7. The molecule has 0 amide bonds. The molecule has 28 aromatic rings. The van der Waals surface area contributed by atoms with Gasteiger partial charge in [0, 0.05) is 17.8 Å². The minimum absolute atomic E-state index is 0.157. The van der Waals surface area contributed by atoms with Gasteiger partial charge >= 0.3 is 0 Å². The molecule has 0 spiro atoms. The Kier molecular flexibility index (Phi) is 2.38. The molecule has 0 bridgehead atoms. The Morgan fingerprint density at radius 2 is 0.507 bits per heavy atom. The van der Waals surface area contributed by atoms with Gasteiger partial charge in [-0.3, -0.25) is 0 Å². The van der Waals surface area contributed by atoms with E-state index in [0.29, 0.717) is 11.8 Å². The second-order valence-electron chi connectivity index (χ2n) is 26.7. The molecule has 5 aliphatic carbocycles. The van der Waals surface area contributed by atoms with Gasteiger partial charge in [-0.1, -0.05) is 0 Å². The van der Waals surface area contributed by atoms with Crippen LogP contribution in [0.25, 0.3) is 291 Å². The van der Waals surface area contributed by atoms with Crippen molar-refractivity contribution in [1.29, 1.82) is 0 Å². The smallest absolute Gasteiger partial charge is 0.166 e. The normalized spacial score (nSPS) is 24.2. The molecular formula is C69H16NO+. The molecule has 1 saturated carbocycles. The molecule has 302 valence electrons. The van der Waals surface area contributed by atoms with Crippen LogP contribution in [0.5, 0.6) is 0 Å². The molecule has 34 rings (SSSR count). The first kappa shape index (κ1) is 26.9. The minimum Gasteiger partial charge on any atom is -0.368 e. The van der Waals surface area contributed by atoms with Crippen molar-refractivity contribution in [1.82, 2.24) is 0 Å². The summed E-state index contributed by atoms with van der Waals surface area (Å²) in [6.07, 6.45) is 3.84. The molecule has 0 aromatic heterocycles. The number of morpholine rings is 1. The Bertz CT molecular complexity index is 7050. The molecule has 0 N–H and O–H groups in total. The van der Waals surface area contributed by atoms with E-state index in [-0.39, 0.29) is 5.41 Å². The summed E-state index contributed by atoms with van der Waals surface area (Å²) >= 11 is 0. The van der Waals surface area contributed by atoms with Gasteiger partial charge < -0.3 is 4.74 Å². The fourth-order valence-electron chi connectivity index (χ4n) is 26.3. The van der Waals surface area contributed by atoms with Gasteiger partial charge in [0.1, 0.15) is 13.2 Å². The molecule has 71 heavy (non-hydrogen) atoms. The summed E-state index contributed by atoms with van der Waals surface area (Å²) in [5, 5.41) is 91.7. The van der Waals surface area contributed by atoms with E-state index in [1.165, 1.54) is 19.3 Å². The fraction of sp³-hybridized carbons (Fsp3) is 0.145. The Hall–Kier alpha value is -7.91. The highest BCUT2D eigenvalue weighted by Gasteiger charge is 2.67. The van der Waals surface area contributed by atoms with Crippen LogP contribution >= 0.6 is 0 Å². The van der Waals surface area contributed by atoms with Crippen LogP contribution in [0.15, 0.2) is 0 Å². The number of ether oxygens (including phenoxy) is 1. The minimum atomic E-state index is -0.157. The summed E-state index contributed by atoms with van der Waals surface area (Å²) in [5.74, 6) is 0.786. The van der Waals surface area contributed by atoms with Crippen LogP contribution in [-0.4, -0.2) is 36.6 Å². The molecule has 2 heteroatoms. The summed E-state index contributed by atoms with van der Waals surface area (Å²) in [5.41, 5.74) is 8.95. The fourth-order valence-corrected chi connectivity index (χ4v) is 26.3. The highest BCUT2D eigenvalue weighted by molar-refractivity contribution is 6.82. The van der Waals surface area contributed by atoms with Gasteiger partial charge in [-0.15, -0.1) is 0 Å². The Morgan fingerprint density at radius 3 is 0.789 bits per heavy atom. The topological polar surface area (TPSA) is 12.2 Å². The molecule has 6 aliphatic rings. The first-order valence-electron chi connectivity index (χ1n) is 27.4. The van der Waals surface area contributed by atoms with E-state index in [0.717, 1.165) is 26.3 Å². The second kappa shape index (κ2) is 6.28. The lowest BCUT2D eigenvalue weighted by atomic mass is 9.52. The third kappa shape index (κ3) is 1.50. The molecular weight excluding hydrogens is 859 g/mol. The predicted octanol–water partition coefficient (Wildman–Crippen LogP) is 17.4. The molecule has 1 unspecified atom stereocenters. The SMILES string of the molecule is C1CC(=[N+]2CCOCC2)C(C23c4c5c6c7c8c9c(c%10c%11c2c2c4c4c%12c5c5c6c6c8c8c%13c9c9c%10c%10c%11c%11c2c2c4c4c%12c%12c5c5c6c8c6c8c%13c9c9c%10c%10c%11c2c2c4c4c%12c5c6c5c8c9c%10c2c45)C73)C1. The van der Waals surface area contributed by atoms with E-state index in [1.807, 2.05) is 22.3 Å². The van der Waals surface area contributed by atoms with Crippen molar-refractivity contribution in [2.45, 2.75) is 30.6 Å². The van der Waals surface area contributed by atoms with Crippen LogP contribution in [0.1, 0.15) is 47.4 Å². The number of hydrogen-bond donors (Lipinski definition) is 0. The van der Waals surface area contributed by atoms with Crippen LogP contribution in [0.4, 0.5) is 0 Å². The molecule has 1 atom stereocenters. The Balaban J connectivity index is 1.14. The van der Waals surface area contributed by atoms with E-state index in [9.17, 15) is 0 Å². The highest BCUT2D eigenvalue weighted by Crippen LogP contribution is 2.84. The van der Waals surface area contributed by atoms with Crippen LogP contribution in [0.3, 0.4) is 0 Å². The van der Waals surface area contributed by atoms with Gasteiger partial charge in [-0.25, -0.2) is 4.58 Å². The van der Waals surface area contributed by atoms with Crippen molar-refractivity contribution in [3.05, 3.63) is 22.3 Å². The van der Waals surface area contributed by atoms with Crippen molar-refractivity contribution < 1.29 is 9.31 Å². The maximum atomic E-state index is 6.22. The van der Waals surface area contributed by atoms with E-state index in [4.69, 9.17) is 4.74 Å². The molecule has 2 nitrogen and oxygen atoms in total. The van der Waals surface area contributed by atoms with Crippen LogP contribution in [-0.2, 0) is 10.2 Å². The summed E-state index contributed by atoms with van der Waals surface area (Å²) in [6.45, 7) is 3.81. The van der Waals surface area contributed by atoms with Gasteiger partial charge in [0.15, 0.2) is 18.8 Å². The summed E-state index contributed by atoms with van der Waals surface area (Å²) < 4.78 is 9.13. The lowest BCUT2D eigenvalue weighted by Crippen LogP contribution is -2.48. The van der Waals surface area contributed by atoms with Gasteiger partial charge in [-0.05, 0) is 326 Å². The largest absolute Gasteiger partial charge is 0.368 e. The van der Waals surface area contributed by atoms with Crippen LogP contribution < -0.4 is 0 Å². The van der Waals surface area contributed by atoms with Crippen LogP contribution in [0, 0.1) is 5.92 Å². The van der Waals surface area contributed by atoms with E-state index >= 15 is 0 Å². The van der Waals surface area contributed by atoms with Gasteiger partial charge in [0.05, 0.1) is 5.92 Å². The maximum absolute atomic E-state index is 6.22. The van der Waals surface area contributed by atoms with Crippen molar-refractivity contribution in [2.75, 3.05) is 26.3 Å². The summed E-state index contributed by atoms with van der Waals surface area (Å²) in [6, 6.07) is 0. The quantitative estimate of drug-likeness (QED) is 0.118. The van der Waals surface area contributed by atoms with Gasteiger partial charge in [0.25, 0.3) is 0 Å². The molecule has 28 aromatic carbocycles. The molecule has 2 fully saturated rings. The zero-order chi connectivity index (χ0) is 42.0. The average molecular weight is 875 g/mol. The maximum Gasteiger partial charge on any atom is 0.166 e. The standard InChI is InChI=1S/C69H16NO/c1-2-8(9(3-1)70-4-6-71-7-5-70)69-66-62-56-42-34-26-14-11-10-12-15(14)27-29-25-19(12)21-17-13(10)16-20-18(11)24-28(26)40(42)48-46-32(24)30(20)38-36-22(16)23(17)37-39-31(21)33(25)47-49-41(29)43(35(27)34)57(56)63(66)59(49)61-53(47)51(39)55-45(37)44(36)54-50(38)52(46)60(58(48)62)67(69)64(54)65(55)68(61)69/h8,66H,1-7H2/q+1. The first-order valence-corrected chi connectivity index (χ1v) is 27.4. The summed E-state index contributed by atoms with van der Waals surface area (Å²) in [4.78, 5) is 0. The lowest BCUT2D eigenvalue weighted by Gasteiger charge is -2.48. The van der Waals surface area contributed by atoms with E-state index < -0.39 is 0 Å². The molecule has 1 heterocycles.